The van der Waals surface area contributed by atoms with Crippen molar-refractivity contribution in [3.63, 3.8) is 0 Å². The van der Waals surface area contributed by atoms with E-state index in [0.717, 1.165) is 6.54 Å². The predicted octanol–water partition coefficient (Wildman–Crippen LogP) is 1.52. The van der Waals surface area contributed by atoms with Gasteiger partial charge in [0.25, 0.3) is 0 Å². The first-order chi connectivity index (χ1) is 7.09. The third-order valence-corrected chi connectivity index (χ3v) is 4.61. The zero-order valence-electron chi connectivity index (χ0n) is 9.71. The summed E-state index contributed by atoms with van der Waals surface area (Å²) < 4.78 is 0.267. The molecule has 1 rings (SSSR count). The molecule has 3 N–H and O–H groups in total. The first-order valence-corrected chi connectivity index (χ1v) is 6.90. The second-order valence-corrected chi connectivity index (χ2v) is 5.73. The van der Waals surface area contributed by atoms with Crippen LogP contribution in [0.5, 0.6) is 0 Å². The van der Waals surface area contributed by atoms with Crippen LogP contribution in [0.15, 0.2) is 0 Å². The molecule has 0 aliphatic heterocycles. The Morgan fingerprint density at radius 2 is 2.07 bits per heavy atom. The molecule has 4 heteroatoms. The van der Waals surface area contributed by atoms with Crippen molar-refractivity contribution in [2.75, 3.05) is 12.8 Å². The van der Waals surface area contributed by atoms with Crippen LogP contribution in [0.4, 0.5) is 0 Å². The molecule has 1 saturated carbocycles. The van der Waals surface area contributed by atoms with E-state index in [9.17, 15) is 4.79 Å². The van der Waals surface area contributed by atoms with Gasteiger partial charge >= 0.3 is 0 Å². The molecular weight excluding hydrogens is 208 g/mol. The Labute approximate surface area is 96.6 Å². The van der Waals surface area contributed by atoms with Crippen LogP contribution in [0.3, 0.4) is 0 Å². The van der Waals surface area contributed by atoms with E-state index < -0.39 is 6.04 Å². The van der Waals surface area contributed by atoms with E-state index in [1.807, 2.05) is 11.8 Å². The summed E-state index contributed by atoms with van der Waals surface area (Å²) >= 11 is 1.89. The van der Waals surface area contributed by atoms with E-state index in [1.54, 1.807) is 6.92 Å². The normalized spacial score (nSPS) is 22.1. The number of nitrogens with two attached hydrogens (primary N) is 1. The number of carbonyl (C=O) groups is 1. The lowest BCUT2D eigenvalue weighted by atomic mass is 9.88. The highest BCUT2D eigenvalue weighted by molar-refractivity contribution is 8.00. The van der Waals surface area contributed by atoms with Crippen LogP contribution in [-0.4, -0.2) is 29.5 Å². The smallest absolute Gasteiger partial charge is 0.236 e. The van der Waals surface area contributed by atoms with Crippen molar-refractivity contribution in [3.05, 3.63) is 0 Å². The average molecular weight is 230 g/mol. The lowest BCUT2D eigenvalue weighted by molar-refractivity contribution is -0.122. The molecule has 0 saturated heterocycles. The lowest BCUT2D eigenvalue weighted by Crippen LogP contribution is -2.46. The molecule has 0 bridgehead atoms. The molecule has 3 nitrogen and oxygen atoms in total. The molecule has 15 heavy (non-hydrogen) atoms. The highest BCUT2D eigenvalue weighted by atomic mass is 32.2. The largest absolute Gasteiger partial charge is 0.353 e. The third kappa shape index (κ3) is 3.68. The summed E-state index contributed by atoms with van der Waals surface area (Å²) in [5, 5.41) is 2.96. The van der Waals surface area contributed by atoms with Crippen LogP contribution in [0.2, 0.25) is 0 Å². The minimum atomic E-state index is -0.396. The maximum atomic E-state index is 11.4. The molecule has 0 radical (unpaired) electrons. The fraction of sp³-hybridized carbons (Fsp3) is 0.909. The van der Waals surface area contributed by atoms with Gasteiger partial charge in [0, 0.05) is 11.3 Å². The Kier molecular flexibility index (Phi) is 4.93. The van der Waals surface area contributed by atoms with Gasteiger partial charge in [-0.15, -0.1) is 0 Å². The monoisotopic (exact) mass is 230 g/mol. The summed E-state index contributed by atoms with van der Waals surface area (Å²) in [4.78, 5) is 11.4. The number of carbonyl (C=O) groups excluding carboxylic acids is 1. The Hall–Kier alpha value is -0.220. The molecule has 1 atom stereocenters. The second kappa shape index (κ2) is 5.75. The maximum Gasteiger partial charge on any atom is 0.236 e. The van der Waals surface area contributed by atoms with E-state index in [2.05, 4.69) is 11.6 Å². The molecule has 0 aromatic heterocycles. The van der Waals surface area contributed by atoms with E-state index >= 15 is 0 Å². The van der Waals surface area contributed by atoms with Gasteiger partial charge < -0.3 is 11.1 Å². The SMILES string of the molecule is CSC1(CNC(=O)[C@@H](C)N)CCCCC1. The number of thioether (sulfide) groups is 1. The number of nitrogens with one attached hydrogen (secondary N) is 1. The van der Waals surface area contributed by atoms with Crippen molar-refractivity contribution < 1.29 is 4.79 Å². The van der Waals surface area contributed by atoms with Crippen LogP contribution in [0, 0.1) is 0 Å². The van der Waals surface area contributed by atoms with E-state index in [0.29, 0.717) is 0 Å². The highest BCUT2D eigenvalue weighted by Crippen LogP contribution is 2.37. The second-order valence-electron chi connectivity index (χ2n) is 4.45. The number of hydrogen-bond acceptors (Lipinski definition) is 3. The molecule has 0 aromatic rings. The quantitative estimate of drug-likeness (QED) is 0.770. The standard InChI is InChI=1S/C11H22N2OS/c1-9(12)10(14)13-8-11(15-2)6-4-3-5-7-11/h9H,3-8,12H2,1-2H3,(H,13,14)/t9-/m1/s1. The van der Waals surface area contributed by atoms with Crippen LogP contribution in [-0.2, 0) is 4.79 Å². The van der Waals surface area contributed by atoms with Crippen LogP contribution in [0.1, 0.15) is 39.0 Å². The molecular formula is C11H22N2OS. The van der Waals surface area contributed by atoms with Crippen LogP contribution in [0.25, 0.3) is 0 Å². The van der Waals surface area contributed by atoms with Crippen molar-refractivity contribution in [3.8, 4) is 0 Å². The van der Waals surface area contributed by atoms with Crippen molar-refractivity contribution in [1.29, 1.82) is 0 Å². The van der Waals surface area contributed by atoms with E-state index in [1.165, 1.54) is 32.1 Å². The van der Waals surface area contributed by atoms with Gasteiger partial charge in [-0.25, -0.2) is 0 Å². The Morgan fingerprint density at radius 3 is 2.53 bits per heavy atom. The predicted molar refractivity (Wildman–Crippen MR) is 66.0 cm³/mol. The van der Waals surface area contributed by atoms with Gasteiger partial charge in [-0.3, -0.25) is 4.79 Å². The Morgan fingerprint density at radius 1 is 1.47 bits per heavy atom. The van der Waals surface area contributed by atoms with Crippen molar-refractivity contribution in [1.82, 2.24) is 5.32 Å². The average Bonchev–Trinajstić information content (AvgIpc) is 2.27. The number of rotatable bonds is 4. The maximum absolute atomic E-state index is 11.4. The molecule has 1 aliphatic rings. The minimum Gasteiger partial charge on any atom is -0.353 e. The first-order valence-electron chi connectivity index (χ1n) is 5.68. The molecule has 1 amide bonds. The molecule has 0 heterocycles. The van der Waals surface area contributed by atoms with Crippen molar-refractivity contribution in [2.45, 2.75) is 49.8 Å². The summed E-state index contributed by atoms with van der Waals surface area (Å²) in [5.41, 5.74) is 5.52. The fourth-order valence-corrected chi connectivity index (χ4v) is 2.97. The van der Waals surface area contributed by atoms with Gasteiger partial charge in [0.15, 0.2) is 0 Å². The topological polar surface area (TPSA) is 55.1 Å². The Balaban J connectivity index is 2.42. The zero-order valence-corrected chi connectivity index (χ0v) is 10.5. The van der Waals surface area contributed by atoms with Gasteiger partial charge in [-0.1, -0.05) is 19.3 Å². The molecule has 0 spiro atoms. The number of hydrogen-bond donors (Lipinski definition) is 2. The Bertz CT molecular complexity index is 213. The summed E-state index contributed by atoms with van der Waals surface area (Å²) in [6.07, 6.45) is 8.48. The summed E-state index contributed by atoms with van der Waals surface area (Å²) in [5.74, 6) is -0.0333. The van der Waals surface area contributed by atoms with Crippen LogP contribution < -0.4 is 11.1 Å². The zero-order chi connectivity index (χ0) is 11.3. The van der Waals surface area contributed by atoms with Gasteiger partial charge in [-0.2, -0.15) is 11.8 Å². The van der Waals surface area contributed by atoms with E-state index in [4.69, 9.17) is 5.73 Å². The summed E-state index contributed by atoms with van der Waals surface area (Å²) in [7, 11) is 0. The molecule has 0 aromatic carbocycles. The summed E-state index contributed by atoms with van der Waals surface area (Å²) in [6, 6.07) is -0.396. The molecule has 1 aliphatic carbocycles. The summed E-state index contributed by atoms with van der Waals surface area (Å²) in [6.45, 7) is 2.50. The molecule has 88 valence electrons. The van der Waals surface area contributed by atoms with Crippen molar-refractivity contribution >= 4 is 17.7 Å². The van der Waals surface area contributed by atoms with E-state index in [-0.39, 0.29) is 10.7 Å². The fourth-order valence-electron chi connectivity index (χ4n) is 2.06. The first kappa shape index (κ1) is 12.8. The molecule has 0 unspecified atom stereocenters. The minimum absolute atomic E-state index is 0.0333. The van der Waals surface area contributed by atoms with Gasteiger partial charge in [-0.05, 0) is 26.0 Å². The van der Waals surface area contributed by atoms with Gasteiger partial charge in [0.2, 0.25) is 5.91 Å². The van der Waals surface area contributed by atoms with Gasteiger partial charge in [0.1, 0.15) is 0 Å². The third-order valence-electron chi connectivity index (χ3n) is 3.20. The van der Waals surface area contributed by atoms with Crippen molar-refractivity contribution in [2.24, 2.45) is 5.73 Å². The van der Waals surface area contributed by atoms with Gasteiger partial charge in [0.05, 0.1) is 6.04 Å². The number of amides is 1. The van der Waals surface area contributed by atoms with Crippen LogP contribution >= 0.6 is 11.8 Å². The highest BCUT2D eigenvalue weighted by Gasteiger charge is 2.31. The lowest BCUT2D eigenvalue weighted by Gasteiger charge is -2.36. The molecule has 1 fully saturated rings.